The van der Waals surface area contributed by atoms with Crippen molar-refractivity contribution >= 4 is 39.1 Å². The van der Waals surface area contributed by atoms with E-state index in [1.807, 2.05) is 38.1 Å². The van der Waals surface area contributed by atoms with E-state index in [2.05, 4.69) is 21.2 Å². The zero-order chi connectivity index (χ0) is 17.3. The summed E-state index contributed by atoms with van der Waals surface area (Å²) >= 11 is 3.37. The summed E-state index contributed by atoms with van der Waals surface area (Å²) in [4.78, 5) is 26.0. The number of nitrogens with zero attached hydrogens (tertiary/aromatic N) is 1. The summed E-state index contributed by atoms with van der Waals surface area (Å²) in [7, 11) is 0. The van der Waals surface area contributed by atoms with Crippen molar-refractivity contribution in [3.8, 4) is 5.75 Å². The third kappa shape index (κ3) is 3.43. The number of anilines is 2. The van der Waals surface area contributed by atoms with Crippen molar-refractivity contribution in [2.24, 2.45) is 0 Å². The van der Waals surface area contributed by atoms with Crippen LogP contribution in [0.5, 0.6) is 5.75 Å². The molecule has 2 aromatic carbocycles. The van der Waals surface area contributed by atoms with Gasteiger partial charge >= 0.3 is 0 Å². The minimum atomic E-state index is -0.244. The molecule has 1 N–H and O–H groups in total. The van der Waals surface area contributed by atoms with Crippen LogP contribution in [0.1, 0.15) is 11.1 Å². The van der Waals surface area contributed by atoms with Crippen LogP contribution in [-0.4, -0.2) is 25.0 Å². The first-order chi connectivity index (χ1) is 11.4. The zero-order valence-electron chi connectivity index (χ0n) is 13.4. The SMILES string of the molecule is Cc1ccc(NC(=O)CN2C(=O)COc3cc(Br)ccc32)c(C)c1. The van der Waals surface area contributed by atoms with Gasteiger partial charge in [0, 0.05) is 10.2 Å². The summed E-state index contributed by atoms with van der Waals surface area (Å²) in [5.41, 5.74) is 3.47. The summed E-state index contributed by atoms with van der Waals surface area (Å²) in [6, 6.07) is 11.2. The van der Waals surface area contributed by atoms with Gasteiger partial charge in [-0.3, -0.25) is 14.5 Å². The number of carbonyl (C=O) groups is 2. The monoisotopic (exact) mass is 388 g/mol. The highest BCUT2D eigenvalue weighted by molar-refractivity contribution is 9.10. The Balaban J connectivity index is 1.78. The molecule has 0 unspecified atom stereocenters. The van der Waals surface area contributed by atoms with Gasteiger partial charge in [-0.05, 0) is 43.7 Å². The highest BCUT2D eigenvalue weighted by Gasteiger charge is 2.27. The van der Waals surface area contributed by atoms with Crippen LogP contribution in [0.4, 0.5) is 11.4 Å². The van der Waals surface area contributed by atoms with Crippen molar-refractivity contribution in [3.05, 3.63) is 52.0 Å². The van der Waals surface area contributed by atoms with Crippen molar-refractivity contribution in [2.75, 3.05) is 23.4 Å². The first kappa shape index (κ1) is 16.5. The number of amides is 2. The van der Waals surface area contributed by atoms with Crippen molar-refractivity contribution in [2.45, 2.75) is 13.8 Å². The molecular formula is C18H17BrN2O3. The van der Waals surface area contributed by atoms with E-state index < -0.39 is 0 Å². The minimum Gasteiger partial charge on any atom is -0.482 e. The van der Waals surface area contributed by atoms with Crippen molar-refractivity contribution in [1.29, 1.82) is 0 Å². The van der Waals surface area contributed by atoms with Crippen LogP contribution in [0.2, 0.25) is 0 Å². The number of halogens is 1. The number of fused-ring (bicyclic) bond motifs is 1. The maximum Gasteiger partial charge on any atom is 0.265 e. The van der Waals surface area contributed by atoms with Gasteiger partial charge in [-0.25, -0.2) is 0 Å². The molecule has 0 spiro atoms. The minimum absolute atomic E-state index is 0.0514. The molecule has 1 aliphatic heterocycles. The van der Waals surface area contributed by atoms with Gasteiger partial charge in [-0.1, -0.05) is 33.6 Å². The van der Waals surface area contributed by atoms with E-state index in [4.69, 9.17) is 4.74 Å². The van der Waals surface area contributed by atoms with Crippen molar-refractivity contribution in [3.63, 3.8) is 0 Å². The zero-order valence-corrected chi connectivity index (χ0v) is 15.0. The van der Waals surface area contributed by atoms with Crippen molar-refractivity contribution < 1.29 is 14.3 Å². The van der Waals surface area contributed by atoms with Gasteiger partial charge in [0.2, 0.25) is 5.91 Å². The second-order valence-electron chi connectivity index (χ2n) is 5.75. The largest absolute Gasteiger partial charge is 0.482 e. The van der Waals surface area contributed by atoms with Crippen LogP contribution in [-0.2, 0) is 9.59 Å². The summed E-state index contributed by atoms with van der Waals surface area (Å²) in [6.45, 7) is 3.82. The molecule has 24 heavy (non-hydrogen) atoms. The number of carbonyl (C=O) groups excluding carboxylic acids is 2. The van der Waals surface area contributed by atoms with Crippen LogP contribution in [0, 0.1) is 13.8 Å². The van der Waals surface area contributed by atoms with Gasteiger partial charge in [0.1, 0.15) is 12.3 Å². The van der Waals surface area contributed by atoms with Crippen molar-refractivity contribution in [1.82, 2.24) is 0 Å². The average Bonchev–Trinajstić information content (AvgIpc) is 2.53. The molecule has 5 nitrogen and oxygen atoms in total. The Morgan fingerprint density at radius 3 is 2.79 bits per heavy atom. The number of hydrogen-bond donors (Lipinski definition) is 1. The molecule has 1 heterocycles. The van der Waals surface area contributed by atoms with Crippen LogP contribution < -0.4 is 15.0 Å². The fourth-order valence-corrected chi connectivity index (χ4v) is 2.98. The summed E-state index contributed by atoms with van der Waals surface area (Å²) < 4.78 is 6.28. The maximum atomic E-state index is 12.4. The molecular weight excluding hydrogens is 372 g/mol. The smallest absolute Gasteiger partial charge is 0.265 e. The van der Waals surface area contributed by atoms with E-state index in [0.29, 0.717) is 11.4 Å². The Kier molecular flexibility index (Phi) is 4.57. The molecule has 0 bridgehead atoms. The van der Waals surface area contributed by atoms with Gasteiger partial charge in [0.25, 0.3) is 5.91 Å². The summed E-state index contributed by atoms with van der Waals surface area (Å²) in [5, 5.41) is 2.86. The van der Waals surface area contributed by atoms with E-state index in [-0.39, 0.29) is 25.0 Å². The van der Waals surface area contributed by atoms with Gasteiger partial charge in [-0.15, -0.1) is 0 Å². The molecule has 0 saturated heterocycles. The number of hydrogen-bond acceptors (Lipinski definition) is 3. The molecule has 124 valence electrons. The molecule has 3 rings (SSSR count). The van der Waals surface area contributed by atoms with Gasteiger partial charge < -0.3 is 10.1 Å². The van der Waals surface area contributed by atoms with E-state index in [9.17, 15) is 9.59 Å². The van der Waals surface area contributed by atoms with Gasteiger partial charge in [0.15, 0.2) is 6.61 Å². The average molecular weight is 389 g/mol. The fourth-order valence-electron chi connectivity index (χ4n) is 2.64. The third-order valence-electron chi connectivity index (χ3n) is 3.82. The number of aryl methyl sites for hydroxylation is 2. The molecule has 6 heteroatoms. The predicted octanol–water partition coefficient (Wildman–Crippen LogP) is 3.43. The number of nitrogens with one attached hydrogen (secondary N) is 1. The lowest BCUT2D eigenvalue weighted by Crippen LogP contribution is -2.43. The Morgan fingerprint density at radius 2 is 2.04 bits per heavy atom. The Labute approximate surface area is 148 Å². The summed E-state index contributed by atoms with van der Waals surface area (Å²) in [6.07, 6.45) is 0. The maximum absolute atomic E-state index is 12.4. The normalized spacial score (nSPS) is 13.3. The molecule has 2 amide bonds. The summed E-state index contributed by atoms with van der Waals surface area (Å²) in [5.74, 6) is 0.106. The highest BCUT2D eigenvalue weighted by atomic mass is 79.9. The lowest BCUT2D eigenvalue weighted by Gasteiger charge is -2.29. The first-order valence-corrected chi connectivity index (χ1v) is 8.33. The van der Waals surface area contributed by atoms with E-state index >= 15 is 0 Å². The Hall–Kier alpha value is -2.34. The van der Waals surface area contributed by atoms with E-state index in [0.717, 1.165) is 21.3 Å². The number of rotatable bonds is 3. The molecule has 0 fully saturated rings. The van der Waals surface area contributed by atoms with Crippen LogP contribution in [0.25, 0.3) is 0 Å². The fraction of sp³-hybridized carbons (Fsp3) is 0.222. The van der Waals surface area contributed by atoms with Crippen LogP contribution in [0.15, 0.2) is 40.9 Å². The number of benzene rings is 2. The molecule has 2 aromatic rings. The molecule has 0 aromatic heterocycles. The lowest BCUT2D eigenvalue weighted by atomic mass is 10.1. The highest BCUT2D eigenvalue weighted by Crippen LogP contribution is 2.34. The molecule has 0 saturated carbocycles. The molecule has 0 radical (unpaired) electrons. The van der Waals surface area contributed by atoms with E-state index in [1.54, 1.807) is 12.1 Å². The molecule has 1 aliphatic rings. The van der Waals surface area contributed by atoms with E-state index in [1.165, 1.54) is 4.90 Å². The predicted molar refractivity (Wildman–Crippen MR) is 96.5 cm³/mol. The van der Waals surface area contributed by atoms with Crippen LogP contribution >= 0.6 is 15.9 Å². The Morgan fingerprint density at radius 1 is 1.25 bits per heavy atom. The molecule has 0 aliphatic carbocycles. The Bertz CT molecular complexity index is 820. The number of ether oxygens (including phenoxy) is 1. The lowest BCUT2D eigenvalue weighted by molar-refractivity contribution is -0.123. The quantitative estimate of drug-likeness (QED) is 0.875. The third-order valence-corrected chi connectivity index (χ3v) is 4.32. The standard InChI is InChI=1S/C18H17BrN2O3/c1-11-3-5-14(12(2)7-11)20-17(22)9-21-15-6-4-13(19)8-16(15)24-10-18(21)23/h3-8H,9-10H2,1-2H3,(H,20,22). The first-order valence-electron chi connectivity index (χ1n) is 7.54. The topological polar surface area (TPSA) is 58.6 Å². The second-order valence-corrected chi connectivity index (χ2v) is 6.66. The molecule has 0 atom stereocenters. The van der Waals surface area contributed by atoms with Crippen LogP contribution in [0.3, 0.4) is 0 Å². The van der Waals surface area contributed by atoms with Gasteiger partial charge in [0.05, 0.1) is 5.69 Å². The van der Waals surface area contributed by atoms with Gasteiger partial charge in [-0.2, -0.15) is 0 Å². The second kappa shape index (κ2) is 6.65.